The molecule has 9 rings (SSSR count). The van der Waals surface area contributed by atoms with Gasteiger partial charge in [-0.05, 0) is 24.3 Å². The van der Waals surface area contributed by atoms with Crippen LogP contribution in [0.1, 0.15) is 0 Å². The molecule has 10 heteroatoms. The van der Waals surface area contributed by atoms with Gasteiger partial charge in [0.15, 0.2) is 17.3 Å². The van der Waals surface area contributed by atoms with Crippen LogP contribution in [-0.2, 0) is 0 Å². The van der Waals surface area contributed by atoms with E-state index < -0.39 is 0 Å². The van der Waals surface area contributed by atoms with E-state index in [4.69, 9.17) is 24.9 Å². The van der Waals surface area contributed by atoms with E-state index >= 15 is 0 Å². The van der Waals surface area contributed by atoms with Crippen LogP contribution in [0.25, 0.3) is 89.7 Å². The van der Waals surface area contributed by atoms with E-state index in [0.29, 0.717) is 45.6 Å². The number of aromatic nitrogens is 8. The number of fused-ring (bicyclic) bond motifs is 20. The number of rotatable bonds is 0. The molecule has 192 valence electrons. The normalized spacial score (nSPS) is 11.7. The molecule has 0 fully saturated rings. The second-order valence-electron chi connectivity index (χ2n) is 9.97. The molecule has 8 bridgehead atoms. The first-order valence-electron chi connectivity index (χ1n) is 13.2. The van der Waals surface area contributed by atoms with Crippen molar-refractivity contribution in [2.24, 2.45) is 0 Å². The van der Waals surface area contributed by atoms with E-state index in [0.717, 1.165) is 43.0 Å². The fourth-order valence-corrected chi connectivity index (χ4v) is 5.73. The van der Waals surface area contributed by atoms with E-state index in [-0.39, 0.29) is 28.9 Å². The molecule has 0 atom stereocenters. The van der Waals surface area contributed by atoms with Gasteiger partial charge < -0.3 is 10.2 Å². The largest absolute Gasteiger partial charge is 2.00 e. The maximum absolute atomic E-state index is 14.1. The summed E-state index contributed by atoms with van der Waals surface area (Å²) in [6.45, 7) is 0. The van der Waals surface area contributed by atoms with Crippen molar-refractivity contribution >= 4 is 67.2 Å². The summed E-state index contributed by atoms with van der Waals surface area (Å²) in [4.78, 5) is 31.2. The van der Waals surface area contributed by atoms with Crippen molar-refractivity contribution < 1.29 is 4.73 Å². The Labute approximate surface area is 253 Å². The van der Waals surface area contributed by atoms with Crippen LogP contribution in [0.3, 0.4) is 0 Å². The predicted molar refractivity (Wildman–Crippen MR) is 163 cm³/mol. The Hall–Kier alpha value is -5.19. The molecule has 0 saturated carbocycles. The number of benzene rings is 4. The molecule has 0 aliphatic carbocycles. The molecule has 9 nitrogen and oxygen atoms in total. The quantitative estimate of drug-likeness (QED) is 0.140. The topological polar surface area (TPSA) is 123 Å². The number of hydrogen-bond donors (Lipinski definition) is 2. The molecule has 0 spiro atoms. The number of H-pyrrole nitrogens is 2. The summed E-state index contributed by atoms with van der Waals surface area (Å²) >= 11 is 0. The first kappa shape index (κ1) is 24.6. The maximum atomic E-state index is 14.1. The van der Waals surface area contributed by atoms with Crippen molar-refractivity contribution in [2.75, 3.05) is 0 Å². The summed E-state index contributed by atoms with van der Waals surface area (Å²) in [6.07, 6.45) is 0. The minimum atomic E-state index is 0. The Kier molecular flexibility index (Phi) is 5.36. The zero-order valence-electron chi connectivity index (χ0n) is 22.0. The van der Waals surface area contributed by atoms with E-state index in [1.54, 1.807) is 0 Å². The van der Waals surface area contributed by atoms with Gasteiger partial charge in [-0.3, -0.25) is 4.98 Å². The van der Waals surface area contributed by atoms with Crippen LogP contribution in [0, 0.1) is 5.21 Å². The third-order valence-corrected chi connectivity index (χ3v) is 7.64. The Balaban J connectivity index is 0.00000267. The van der Waals surface area contributed by atoms with Crippen LogP contribution >= 0.6 is 0 Å². The standard InChI is InChI=1S/C32H18N8O.Mg/c41-40-31-23-15-7-5-13-21(23)29(38-31)36-27-19-11-3-1-9-17(19)25(34-27)33-26-18-10-2-4-12-20(18)28(35-26)37-30-22-14-6-8-16-24(22)32(40)39-30;/h1-16H,(H2,33,34,35,36,37,38,39);/q;+2. The van der Waals surface area contributed by atoms with Crippen molar-refractivity contribution in [3.63, 3.8) is 0 Å². The summed E-state index contributed by atoms with van der Waals surface area (Å²) in [7, 11) is 0. The fourth-order valence-electron chi connectivity index (χ4n) is 5.73. The van der Waals surface area contributed by atoms with Crippen LogP contribution in [0.5, 0.6) is 0 Å². The summed E-state index contributed by atoms with van der Waals surface area (Å²) in [5, 5.41) is 17.4. The Morgan fingerprint density at radius 2 is 0.857 bits per heavy atom. The molecule has 0 saturated heterocycles. The summed E-state index contributed by atoms with van der Waals surface area (Å²) in [5.74, 6) is 1.76. The SMILES string of the molecule is [Mg+2].[O-][n+]1c2nc(nc3[nH]c(nc4nc(nc5[nH]c1c1ccccc51)-c1ccccc1-4)c1ccccc31)-c1ccccc1-2. The van der Waals surface area contributed by atoms with Gasteiger partial charge in [0.25, 0.3) is 5.82 Å². The monoisotopic (exact) mass is 554 g/mol. The molecule has 7 aromatic rings. The van der Waals surface area contributed by atoms with Crippen LogP contribution in [0.2, 0.25) is 0 Å². The molecule has 2 aliphatic rings. The Morgan fingerprint density at radius 1 is 0.452 bits per heavy atom. The zero-order valence-corrected chi connectivity index (χ0v) is 23.5. The third-order valence-electron chi connectivity index (χ3n) is 7.64. The van der Waals surface area contributed by atoms with E-state index in [1.165, 1.54) is 0 Å². The molecule has 0 amide bonds. The fraction of sp³-hybridized carbons (Fsp3) is 0. The minimum Gasteiger partial charge on any atom is -0.740 e. The zero-order chi connectivity index (χ0) is 27.1. The van der Waals surface area contributed by atoms with E-state index in [9.17, 15) is 5.21 Å². The van der Waals surface area contributed by atoms with Crippen molar-refractivity contribution in [1.29, 1.82) is 0 Å². The van der Waals surface area contributed by atoms with Gasteiger partial charge in [-0.15, -0.1) is 0 Å². The molecule has 42 heavy (non-hydrogen) atoms. The van der Waals surface area contributed by atoms with Crippen molar-refractivity contribution in [3.05, 3.63) is 102 Å². The summed E-state index contributed by atoms with van der Waals surface area (Å²) in [5.41, 5.74) is 5.34. The first-order valence-corrected chi connectivity index (χ1v) is 13.2. The predicted octanol–water partition coefficient (Wildman–Crippen LogP) is 5.73. The van der Waals surface area contributed by atoms with Gasteiger partial charge in [-0.2, -0.15) is 9.97 Å². The van der Waals surface area contributed by atoms with Crippen molar-refractivity contribution in [1.82, 2.24) is 34.9 Å². The molecular weight excluding hydrogens is 537 g/mol. The van der Waals surface area contributed by atoms with Crippen molar-refractivity contribution in [3.8, 4) is 45.6 Å². The van der Waals surface area contributed by atoms with Gasteiger partial charge in [0, 0.05) is 27.3 Å². The maximum Gasteiger partial charge on any atom is 2.00 e. The number of aromatic amines is 2. The van der Waals surface area contributed by atoms with Gasteiger partial charge in [-0.25, -0.2) is 14.7 Å². The second kappa shape index (κ2) is 9.16. The van der Waals surface area contributed by atoms with Crippen LogP contribution in [0.4, 0.5) is 0 Å². The average molecular weight is 555 g/mol. The van der Waals surface area contributed by atoms with Crippen LogP contribution < -0.4 is 4.73 Å². The van der Waals surface area contributed by atoms with E-state index in [2.05, 4.69) is 9.97 Å². The minimum absolute atomic E-state index is 0. The first-order chi connectivity index (χ1) is 20.2. The molecule has 0 radical (unpaired) electrons. The van der Waals surface area contributed by atoms with E-state index in [1.807, 2.05) is 97.1 Å². The Morgan fingerprint density at radius 3 is 1.43 bits per heavy atom. The summed E-state index contributed by atoms with van der Waals surface area (Å²) < 4.78 is 0.837. The molecule has 4 aromatic carbocycles. The number of hydrogen-bond acceptors (Lipinski definition) is 6. The number of nitrogens with zero attached hydrogens (tertiary/aromatic N) is 6. The van der Waals surface area contributed by atoms with Gasteiger partial charge in [0.2, 0.25) is 11.5 Å². The molecule has 0 unspecified atom stereocenters. The third kappa shape index (κ3) is 3.49. The molecule has 5 heterocycles. The van der Waals surface area contributed by atoms with Gasteiger partial charge in [0.05, 0.1) is 16.5 Å². The van der Waals surface area contributed by atoms with Crippen LogP contribution in [0.15, 0.2) is 97.1 Å². The second-order valence-corrected chi connectivity index (χ2v) is 9.97. The number of nitrogens with one attached hydrogen (secondary N) is 2. The molecule has 2 aliphatic heterocycles. The summed E-state index contributed by atoms with van der Waals surface area (Å²) in [6, 6.07) is 31.1. The van der Waals surface area contributed by atoms with Crippen LogP contribution in [-0.4, -0.2) is 57.9 Å². The van der Waals surface area contributed by atoms with Gasteiger partial charge in [-0.1, -0.05) is 77.8 Å². The van der Waals surface area contributed by atoms with Crippen molar-refractivity contribution in [2.45, 2.75) is 0 Å². The van der Waals surface area contributed by atoms with Gasteiger partial charge >= 0.3 is 23.1 Å². The Bertz CT molecular complexity index is 2410. The average Bonchev–Trinajstić information content (AvgIpc) is 3.76. The van der Waals surface area contributed by atoms with Gasteiger partial charge in [0.1, 0.15) is 11.3 Å². The molecular formula is C32H18MgN8O+2. The molecule has 3 aromatic heterocycles. The molecule has 2 N–H and O–H groups in total. The smallest absolute Gasteiger partial charge is 0.740 e.